The maximum absolute atomic E-state index is 12.7. The number of likely N-dealkylation sites (tertiary alicyclic amines) is 1. The zero-order valence-corrected chi connectivity index (χ0v) is 15.7. The average Bonchev–Trinajstić information content (AvgIpc) is 3.26. The van der Waals surface area contributed by atoms with E-state index in [0.717, 1.165) is 30.8 Å². The van der Waals surface area contributed by atoms with E-state index >= 15 is 0 Å². The molecule has 1 amide bonds. The van der Waals surface area contributed by atoms with Crippen LogP contribution in [0.4, 0.5) is 0 Å². The highest BCUT2D eigenvalue weighted by Gasteiger charge is 2.45. The molecule has 4 rings (SSSR count). The summed E-state index contributed by atoms with van der Waals surface area (Å²) in [5, 5.41) is 8.03. The number of hydrogen-bond acceptors (Lipinski definition) is 5. The zero-order valence-electron chi connectivity index (χ0n) is 13.3. The lowest BCUT2D eigenvalue weighted by atomic mass is 9.99. The number of halogens is 1. The van der Waals surface area contributed by atoms with Gasteiger partial charge in [0.05, 0.1) is 4.88 Å². The molecule has 2 fully saturated rings. The van der Waals surface area contributed by atoms with Gasteiger partial charge in [0.2, 0.25) is 5.88 Å². The topological polar surface area (TPSA) is 55.3 Å². The van der Waals surface area contributed by atoms with Gasteiger partial charge in [-0.3, -0.25) is 4.79 Å². The molecule has 0 aromatic carbocycles. The summed E-state index contributed by atoms with van der Waals surface area (Å²) in [6, 6.07) is 7.60. The molecule has 0 bridgehead atoms. The fourth-order valence-corrected chi connectivity index (χ4v) is 4.80. The van der Waals surface area contributed by atoms with E-state index in [4.69, 9.17) is 4.74 Å². The average molecular weight is 408 g/mol. The van der Waals surface area contributed by atoms with Crippen LogP contribution in [-0.4, -0.2) is 40.2 Å². The largest absolute Gasteiger partial charge is 0.473 e. The summed E-state index contributed by atoms with van der Waals surface area (Å²) in [4.78, 5) is 16.7. The lowest BCUT2D eigenvalue weighted by Gasteiger charge is -2.21. The molecule has 1 saturated heterocycles. The van der Waals surface area contributed by atoms with Gasteiger partial charge >= 0.3 is 0 Å². The van der Waals surface area contributed by atoms with E-state index in [0.29, 0.717) is 22.3 Å². The van der Waals surface area contributed by atoms with Gasteiger partial charge in [-0.2, -0.15) is 0 Å². The third-order valence-corrected chi connectivity index (χ3v) is 6.32. The van der Waals surface area contributed by atoms with Crippen molar-refractivity contribution in [1.82, 2.24) is 15.1 Å². The molecule has 0 unspecified atom stereocenters. The highest BCUT2D eigenvalue weighted by atomic mass is 79.9. The van der Waals surface area contributed by atoms with Crippen LogP contribution in [0, 0.1) is 18.8 Å². The summed E-state index contributed by atoms with van der Waals surface area (Å²) >= 11 is 4.85. The molecule has 126 valence electrons. The molecule has 24 heavy (non-hydrogen) atoms. The second-order valence-electron chi connectivity index (χ2n) is 6.47. The van der Waals surface area contributed by atoms with Crippen molar-refractivity contribution in [2.24, 2.45) is 11.8 Å². The Balaban J connectivity index is 1.43. The van der Waals surface area contributed by atoms with Gasteiger partial charge in [0.15, 0.2) is 0 Å². The predicted octanol–water partition coefficient (Wildman–Crippen LogP) is 3.54. The molecule has 0 spiro atoms. The molecule has 1 saturated carbocycles. The van der Waals surface area contributed by atoms with Crippen molar-refractivity contribution in [3.05, 3.63) is 38.6 Å². The van der Waals surface area contributed by atoms with Crippen LogP contribution in [0.25, 0.3) is 0 Å². The molecule has 2 aromatic rings. The van der Waals surface area contributed by atoms with E-state index in [1.807, 2.05) is 36.1 Å². The van der Waals surface area contributed by atoms with Crippen molar-refractivity contribution < 1.29 is 9.53 Å². The standard InChI is InChI=1S/C17H18BrN3O2S/c1-10-2-5-14(24-10)17(22)21-8-11-3-4-13(12(11)9-21)23-16-7-6-15(18)19-20-16/h2,5-7,11-13H,3-4,8-9H2,1H3/t11-,12+,13+/m0/s1. The van der Waals surface area contributed by atoms with Crippen LogP contribution in [0.1, 0.15) is 27.4 Å². The molecule has 2 aromatic heterocycles. The fourth-order valence-electron chi connectivity index (χ4n) is 3.75. The highest BCUT2D eigenvalue weighted by Crippen LogP contribution is 2.40. The van der Waals surface area contributed by atoms with Gasteiger partial charge in [0.25, 0.3) is 5.91 Å². The Labute approximate surface area is 153 Å². The Bertz CT molecular complexity index is 749. The Morgan fingerprint density at radius 2 is 2.12 bits per heavy atom. The van der Waals surface area contributed by atoms with Gasteiger partial charge < -0.3 is 9.64 Å². The lowest BCUT2D eigenvalue weighted by Crippen LogP contribution is -2.32. The Morgan fingerprint density at radius 3 is 2.83 bits per heavy atom. The van der Waals surface area contributed by atoms with Crippen molar-refractivity contribution in [2.45, 2.75) is 25.9 Å². The van der Waals surface area contributed by atoms with Gasteiger partial charge in [-0.1, -0.05) is 0 Å². The van der Waals surface area contributed by atoms with Gasteiger partial charge in [-0.15, -0.1) is 21.5 Å². The molecule has 1 aliphatic carbocycles. The van der Waals surface area contributed by atoms with Crippen LogP contribution in [0.3, 0.4) is 0 Å². The van der Waals surface area contributed by atoms with Crippen molar-refractivity contribution >= 4 is 33.2 Å². The Kier molecular flexibility index (Phi) is 4.30. The third kappa shape index (κ3) is 3.07. The first-order valence-electron chi connectivity index (χ1n) is 8.12. The minimum atomic E-state index is 0.119. The van der Waals surface area contributed by atoms with Crippen molar-refractivity contribution in [1.29, 1.82) is 0 Å². The monoisotopic (exact) mass is 407 g/mol. The lowest BCUT2D eigenvalue weighted by molar-refractivity contribution is 0.0765. The maximum Gasteiger partial charge on any atom is 0.263 e. The molecule has 1 aliphatic heterocycles. The van der Waals surface area contributed by atoms with Crippen LogP contribution >= 0.6 is 27.3 Å². The summed E-state index contributed by atoms with van der Waals surface area (Å²) in [7, 11) is 0. The summed E-state index contributed by atoms with van der Waals surface area (Å²) in [5.41, 5.74) is 0. The number of amides is 1. The molecule has 5 nitrogen and oxygen atoms in total. The molecule has 0 radical (unpaired) electrons. The first-order chi connectivity index (χ1) is 11.6. The van der Waals surface area contributed by atoms with Gasteiger partial charge in [-0.05, 0) is 59.8 Å². The first-order valence-corrected chi connectivity index (χ1v) is 9.72. The number of carbonyl (C=O) groups is 1. The Hall–Kier alpha value is -1.47. The molecule has 7 heteroatoms. The SMILES string of the molecule is Cc1ccc(C(=O)N2C[C@@H]3CC[C@@H](Oc4ccc(Br)nn4)[C@@H]3C2)s1. The third-order valence-electron chi connectivity index (χ3n) is 4.91. The maximum atomic E-state index is 12.7. The molecule has 3 heterocycles. The van der Waals surface area contributed by atoms with Crippen LogP contribution in [0.5, 0.6) is 5.88 Å². The summed E-state index contributed by atoms with van der Waals surface area (Å²) < 4.78 is 6.75. The minimum Gasteiger partial charge on any atom is -0.473 e. The summed E-state index contributed by atoms with van der Waals surface area (Å²) in [6.45, 7) is 3.64. The number of hydrogen-bond donors (Lipinski definition) is 0. The van der Waals surface area contributed by atoms with Crippen LogP contribution < -0.4 is 4.74 Å². The molecule has 2 aliphatic rings. The molecule has 0 N–H and O–H groups in total. The number of carbonyl (C=O) groups excluding carboxylic acids is 1. The summed E-state index contributed by atoms with van der Waals surface area (Å²) in [6.07, 6.45) is 2.24. The number of aromatic nitrogens is 2. The van der Waals surface area contributed by atoms with Gasteiger partial charge in [0.1, 0.15) is 10.7 Å². The van der Waals surface area contributed by atoms with Crippen LogP contribution in [-0.2, 0) is 0 Å². The van der Waals surface area contributed by atoms with E-state index in [1.165, 1.54) is 4.88 Å². The Morgan fingerprint density at radius 1 is 1.25 bits per heavy atom. The summed E-state index contributed by atoms with van der Waals surface area (Å²) in [5.74, 6) is 1.64. The number of nitrogens with zero attached hydrogens (tertiary/aromatic N) is 3. The minimum absolute atomic E-state index is 0.119. The van der Waals surface area contributed by atoms with E-state index in [9.17, 15) is 4.79 Å². The van der Waals surface area contributed by atoms with Crippen LogP contribution in [0.15, 0.2) is 28.9 Å². The molecular formula is C17H18BrN3O2S. The zero-order chi connectivity index (χ0) is 16.7. The van der Waals surface area contributed by atoms with Crippen molar-refractivity contribution in [2.75, 3.05) is 13.1 Å². The number of rotatable bonds is 3. The quantitative estimate of drug-likeness (QED) is 0.780. The normalized spacial score (nSPS) is 25.8. The fraction of sp³-hybridized carbons (Fsp3) is 0.471. The smallest absolute Gasteiger partial charge is 0.263 e. The highest BCUT2D eigenvalue weighted by molar-refractivity contribution is 9.10. The molecular weight excluding hydrogens is 390 g/mol. The second-order valence-corrected chi connectivity index (χ2v) is 8.57. The number of aryl methyl sites for hydroxylation is 1. The first kappa shape index (κ1) is 16.0. The van der Waals surface area contributed by atoms with Crippen molar-refractivity contribution in [3.8, 4) is 5.88 Å². The number of thiophene rings is 1. The number of fused-ring (bicyclic) bond motifs is 1. The van der Waals surface area contributed by atoms with E-state index in [-0.39, 0.29) is 12.0 Å². The van der Waals surface area contributed by atoms with Crippen molar-refractivity contribution in [3.63, 3.8) is 0 Å². The predicted molar refractivity (Wildman–Crippen MR) is 95.3 cm³/mol. The van der Waals surface area contributed by atoms with E-state index in [1.54, 1.807) is 11.3 Å². The number of ether oxygens (including phenoxy) is 1. The molecule has 3 atom stereocenters. The van der Waals surface area contributed by atoms with Crippen LogP contribution in [0.2, 0.25) is 0 Å². The van der Waals surface area contributed by atoms with Gasteiger partial charge in [-0.25, -0.2) is 0 Å². The van der Waals surface area contributed by atoms with Gasteiger partial charge in [0, 0.05) is 30.0 Å². The van der Waals surface area contributed by atoms with E-state index in [2.05, 4.69) is 26.1 Å². The van der Waals surface area contributed by atoms with E-state index < -0.39 is 0 Å². The second kappa shape index (κ2) is 6.44.